The van der Waals surface area contributed by atoms with Crippen LogP contribution in [0.2, 0.25) is 0 Å². The van der Waals surface area contributed by atoms with E-state index in [4.69, 9.17) is 10.5 Å². The van der Waals surface area contributed by atoms with Gasteiger partial charge in [0, 0.05) is 4.47 Å². The molecule has 5 heteroatoms. The number of rotatable bonds is 3. The number of anilines is 3. The summed E-state index contributed by atoms with van der Waals surface area (Å²) in [5.74, 6) is -0.451. The number of hydrogen-bond donors (Lipinski definition) is 2. The normalized spacial score (nSPS) is 10.0. The fraction of sp³-hybridized carbons (Fsp3) is 0.0714. The van der Waals surface area contributed by atoms with E-state index in [9.17, 15) is 4.79 Å². The Balaban J connectivity index is 2.37. The molecule has 19 heavy (non-hydrogen) atoms. The first-order chi connectivity index (χ1) is 9.13. The molecule has 0 amide bonds. The van der Waals surface area contributed by atoms with Gasteiger partial charge in [0.2, 0.25) is 0 Å². The number of benzene rings is 2. The van der Waals surface area contributed by atoms with Crippen LogP contribution in [-0.2, 0) is 4.74 Å². The van der Waals surface area contributed by atoms with Gasteiger partial charge in [-0.25, -0.2) is 4.79 Å². The Morgan fingerprint density at radius 2 is 1.84 bits per heavy atom. The second kappa shape index (κ2) is 5.75. The smallest absolute Gasteiger partial charge is 0.340 e. The Kier molecular flexibility index (Phi) is 4.06. The van der Waals surface area contributed by atoms with Crippen LogP contribution in [0.5, 0.6) is 0 Å². The number of nitrogens with one attached hydrogen (secondary N) is 1. The molecule has 2 aromatic carbocycles. The van der Waals surface area contributed by atoms with Crippen molar-refractivity contribution in [3.63, 3.8) is 0 Å². The first-order valence-corrected chi connectivity index (χ1v) is 6.41. The summed E-state index contributed by atoms with van der Waals surface area (Å²) in [6.45, 7) is 0. The van der Waals surface area contributed by atoms with Crippen molar-refractivity contribution in [2.45, 2.75) is 0 Å². The molecule has 0 atom stereocenters. The van der Waals surface area contributed by atoms with Crippen molar-refractivity contribution in [2.24, 2.45) is 0 Å². The Morgan fingerprint density at radius 3 is 2.53 bits per heavy atom. The SMILES string of the molecule is COC(=O)c1cccc(Nc2ccccc2Br)c1N. The van der Waals surface area contributed by atoms with Gasteiger partial charge in [0.1, 0.15) is 0 Å². The van der Waals surface area contributed by atoms with Gasteiger partial charge in [-0.2, -0.15) is 0 Å². The van der Waals surface area contributed by atoms with Crippen molar-refractivity contribution in [1.82, 2.24) is 0 Å². The van der Waals surface area contributed by atoms with Crippen LogP contribution >= 0.6 is 15.9 Å². The molecule has 0 aromatic heterocycles. The first-order valence-electron chi connectivity index (χ1n) is 5.62. The number of para-hydroxylation sites is 2. The number of hydrogen-bond acceptors (Lipinski definition) is 4. The molecule has 0 aliphatic rings. The molecule has 2 aromatic rings. The number of nitrogens with two attached hydrogens (primary N) is 1. The van der Waals surface area contributed by atoms with Gasteiger partial charge >= 0.3 is 5.97 Å². The predicted molar refractivity (Wildman–Crippen MR) is 79.6 cm³/mol. The molecule has 0 saturated heterocycles. The van der Waals surface area contributed by atoms with Gasteiger partial charge in [-0.3, -0.25) is 0 Å². The number of halogens is 1. The molecule has 0 aliphatic heterocycles. The fourth-order valence-electron chi connectivity index (χ4n) is 1.67. The van der Waals surface area contributed by atoms with Crippen LogP contribution in [0.25, 0.3) is 0 Å². The van der Waals surface area contributed by atoms with Crippen LogP contribution in [0.4, 0.5) is 17.1 Å². The topological polar surface area (TPSA) is 64.3 Å². The highest BCUT2D eigenvalue weighted by Gasteiger charge is 2.13. The van der Waals surface area contributed by atoms with Crippen molar-refractivity contribution in [3.05, 3.63) is 52.5 Å². The molecule has 0 aliphatic carbocycles. The van der Waals surface area contributed by atoms with Gasteiger partial charge in [0.15, 0.2) is 0 Å². The van der Waals surface area contributed by atoms with Crippen LogP contribution in [0.15, 0.2) is 46.9 Å². The molecule has 0 unspecified atom stereocenters. The van der Waals surface area contributed by atoms with Gasteiger partial charge < -0.3 is 15.8 Å². The lowest BCUT2D eigenvalue weighted by molar-refractivity contribution is 0.0602. The van der Waals surface area contributed by atoms with E-state index in [1.54, 1.807) is 18.2 Å². The monoisotopic (exact) mass is 320 g/mol. The average molecular weight is 321 g/mol. The summed E-state index contributed by atoms with van der Waals surface area (Å²) in [4.78, 5) is 11.6. The third-order valence-electron chi connectivity index (χ3n) is 2.65. The highest BCUT2D eigenvalue weighted by molar-refractivity contribution is 9.10. The van der Waals surface area contributed by atoms with Crippen molar-refractivity contribution < 1.29 is 9.53 Å². The number of nitrogen functional groups attached to an aromatic ring is 1. The maximum atomic E-state index is 11.6. The summed E-state index contributed by atoms with van der Waals surface area (Å²) < 4.78 is 5.60. The second-order valence-corrected chi connectivity index (χ2v) is 4.72. The van der Waals surface area contributed by atoms with E-state index in [0.717, 1.165) is 10.2 Å². The minimum absolute atomic E-state index is 0.347. The zero-order valence-corrected chi connectivity index (χ0v) is 11.9. The number of carbonyl (C=O) groups is 1. The molecule has 4 nitrogen and oxygen atoms in total. The summed E-state index contributed by atoms with van der Waals surface area (Å²) in [7, 11) is 1.33. The molecule has 98 valence electrons. The molecule has 0 fully saturated rings. The minimum atomic E-state index is -0.451. The van der Waals surface area contributed by atoms with Crippen LogP contribution in [0.3, 0.4) is 0 Å². The van der Waals surface area contributed by atoms with E-state index >= 15 is 0 Å². The molecule has 3 N–H and O–H groups in total. The van der Waals surface area contributed by atoms with E-state index in [1.165, 1.54) is 7.11 Å². The standard InChI is InChI=1S/C14H13BrN2O2/c1-19-14(18)9-5-4-8-12(13(9)16)17-11-7-3-2-6-10(11)15/h2-8,17H,16H2,1H3. The van der Waals surface area contributed by atoms with Crippen molar-refractivity contribution >= 4 is 39.0 Å². The highest BCUT2D eigenvalue weighted by atomic mass is 79.9. The summed E-state index contributed by atoms with van der Waals surface area (Å²) in [6.07, 6.45) is 0. The number of ether oxygens (including phenoxy) is 1. The van der Waals surface area contributed by atoms with Crippen molar-refractivity contribution in [1.29, 1.82) is 0 Å². The van der Waals surface area contributed by atoms with E-state index in [0.29, 0.717) is 16.9 Å². The van der Waals surface area contributed by atoms with Crippen molar-refractivity contribution in [2.75, 3.05) is 18.2 Å². The molecule has 0 heterocycles. The fourth-order valence-corrected chi connectivity index (χ4v) is 2.05. The molecule has 0 saturated carbocycles. The molecule has 0 radical (unpaired) electrons. The maximum Gasteiger partial charge on any atom is 0.340 e. The van der Waals surface area contributed by atoms with E-state index in [1.807, 2.05) is 24.3 Å². The third kappa shape index (κ3) is 2.88. The predicted octanol–water partition coefficient (Wildman–Crippen LogP) is 3.56. The Morgan fingerprint density at radius 1 is 1.16 bits per heavy atom. The van der Waals surface area contributed by atoms with Crippen LogP contribution in [0, 0.1) is 0 Å². The van der Waals surface area contributed by atoms with Gasteiger partial charge in [0.25, 0.3) is 0 Å². The van der Waals surface area contributed by atoms with Gasteiger partial charge in [0.05, 0.1) is 29.7 Å². The average Bonchev–Trinajstić information content (AvgIpc) is 2.42. The van der Waals surface area contributed by atoms with Gasteiger partial charge in [-0.1, -0.05) is 18.2 Å². The van der Waals surface area contributed by atoms with E-state index < -0.39 is 5.97 Å². The zero-order valence-electron chi connectivity index (χ0n) is 10.3. The molecular formula is C14H13BrN2O2. The molecule has 2 rings (SSSR count). The number of esters is 1. The molecular weight excluding hydrogens is 308 g/mol. The maximum absolute atomic E-state index is 11.6. The van der Waals surface area contributed by atoms with E-state index in [2.05, 4.69) is 21.2 Å². The summed E-state index contributed by atoms with van der Waals surface area (Å²) >= 11 is 3.44. The van der Waals surface area contributed by atoms with E-state index in [-0.39, 0.29) is 0 Å². The van der Waals surface area contributed by atoms with Crippen LogP contribution in [-0.4, -0.2) is 13.1 Å². The Hall–Kier alpha value is -2.01. The highest BCUT2D eigenvalue weighted by Crippen LogP contribution is 2.30. The first kappa shape index (κ1) is 13.4. The summed E-state index contributed by atoms with van der Waals surface area (Å²) in [5.41, 5.74) is 8.23. The Bertz CT molecular complexity index is 614. The molecule has 0 spiro atoms. The van der Waals surface area contributed by atoms with Crippen LogP contribution in [0.1, 0.15) is 10.4 Å². The third-order valence-corrected chi connectivity index (χ3v) is 3.35. The lowest BCUT2D eigenvalue weighted by Gasteiger charge is -2.13. The van der Waals surface area contributed by atoms with Gasteiger partial charge in [-0.05, 0) is 40.2 Å². The number of carbonyl (C=O) groups excluding carboxylic acids is 1. The Labute approximate surface area is 119 Å². The van der Waals surface area contributed by atoms with Crippen LogP contribution < -0.4 is 11.1 Å². The summed E-state index contributed by atoms with van der Waals surface area (Å²) in [6, 6.07) is 12.9. The number of methoxy groups -OCH3 is 1. The largest absolute Gasteiger partial charge is 0.465 e. The quantitative estimate of drug-likeness (QED) is 0.670. The van der Waals surface area contributed by atoms with Crippen molar-refractivity contribution in [3.8, 4) is 0 Å². The van der Waals surface area contributed by atoms with Gasteiger partial charge in [-0.15, -0.1) is 0 Å². The minimum Gasteiger partial charge on any atom is -0.465 e. The second-order valence-electron chi connectivity index (χ2n) is 3.86. The zero-order chi connectivity index (χ0) is 13.8. The lowest BCUT2D eigenvalue weighted by Crippen LogP contribution is -2.07. The molecule has 0 bridgehead atoms. The summed E-state index contributed by atoms with van der Waals surface area (Å²) in [5, 5.41) is 3.18. The lowest BCUT2D eigenvalue weighted by atomic mass is 10.1.